The topological polar surface area (TPSA) is 80.6 Å². The predicted octanol–water partition coefficient (Wildman–Crippen LogP) is 4.34. The van der Waals surface area contributed by atoms with E-state index in [-0.39, 0.29) is 0 Å². The molecule has 1 aliphatic heterocycles. The van der Waals surface area contributed by atoms with Crippen LogP contribution < -0.4 is 10.1 Å². The number of H-pyrrole nitrogens is 1. The van der Waals surface area contributed by atoms with Gasteiger partial charge in [-0.3, -0.25) is 9.78 Å². The minimum absolute atomic E-state index is 0.463. The third-order valence-electron chi connectivity index (χ3n) is 7.46. The van der Waals surface area contributed by atoms with Gasteiger partial charge in [-0.15, -0.1) is 0 Å². The summed E-state index contributed by atoms with van der Waals surface area (Å²) in [6, 6.07) is 8.65. The van der Waals surface area contributed by atoms with E-state index >= 15 is 0 Å². The van der Waals surface area contributed by atoms with Gasteiger partial charge in [-0.05, 0) is 72.9 Å². The number of aromatic amines is 1. The maximum Gasteiger partial charge on any atom is 0.213 e. The largest absolute Gasteiger partial charge is 0.481 e. The van der Waals surface area contributed by atoms with Crippen LogP contribution in [0.2, 0.25) is 5.02 Å². The lowest BCUT2D eigenvalue weighted by atomic mass is 9.89. The monoisotopic (exact) mass is 462 g/mol. The van der Waals surface area contributed by atoms with Gasteiger partial charge in [0.25, 0.3) is 0 Å². The Balaban J connectivity index is 1.29. The molecule has 4 heterocycles. The summed E-state index contributed by atoms with van der Waals surface area (Å²) < 4.78 is 7.19. The van der Waals surface area contributed by atoms with E-state index in [4.69, 9.17) is 16.3 Å². The van der Waals surface area contributed by atoms with E-state index in [2.05, 4.69) is 37.9 Å². The van der Waals surface area contributed by atoms with E-state index in [1.165, 1.54) is 17.5 Å². The Morgan fingerprint density at radius 2 is 2.15 bits per heavy atom. The summed E-state index contributed by atoms with van der Waals surface area (Å²) in [7, 11) is 3.60. The first kappa shape index (κ1) is 20.7. The molecule has 6 rings (SSSR count). The Hall–Kier alpha value is -2.90. The highest BCUT2D eigenvalue weighted by Crippen LogP contribution is 2.49. The highest BCUT2D eigenvalue weighted by atomic mass is 35.5. The maximum atomic E-state index is 6.81. The smallest absolute Gasteiger partial charge is 0.213 e. The fourth-order valence-electron chi connectivity index (χ4n) is 5.90. The van der Waals surface area contributed by atoms with Crippen LogP contribution in [-0.2, 0) is 13.5 Å². The van der Waals surface area contributed by atoms with Gasteiger partial charge >= 0.3 is 0 Å². The zero-order valence-corrected chi connectivity index (χ0v) is 19.5. The van der Waals surface area contributed by atoms with Gasteiger partial charge in [0.05, 0.1) is 18.8 Å². The molecule has 0 bridgehead atoms. The van der Waals surface area contributed by atoms with Crippen molar-refractivity contribution in [3.8, 4) is 17.1 Å². The molecule has 1 saturated carbocycles. The van der Waals surface area contributed by atoms with Crippen molar-refractivity contribution in [2.24, 2.45) is 18.9 Å². The SMILES string of the molecule is COc1cc(-c2n[nH]c3cc(Cl)c([C@H]4C[C@@H]5CN[C@@H](Cc6cnn(C)c6)[C@H]5C4)cc23)ccn1. The zero-order valence-electron chi connectivity index (χ0n) is 18.8. The Bertz CT molecular complexity index is 1310. The van der Waals surface area contributed by atoms with Gasteiger partial charge in [0.15, 0.2) is 0 Å². The first-order valence-corrected chi connectivity index (χ1v) is 11.9. The number of rotatable bonds is 5. The number of aryl methyl sites for hydroxylation is 1. The molecule has 0 amide bonds. The fourth-order valence-corrected chi connectivity index (χ4v) is 6.22. The van der Waals surface area contributed by atoms with Crippen LogP contribution in [0.1, 0.15) is 29.9 Å². The van der Waals surface area contributed by atoms with Crippen molar-refractivity contribution in [1.29, 1.82) is 0 Å². The van der Waals surface area contributed by atoms with Gasteiger partial charge in [0, 0.05) is 47.5 Å². The van der Waals surface area contributed by atoms with E-state index in [0.29, 0.717) is 29.7 Å². The molecule has 1 aromatic carbocycles. The fraction of sp³-hybridized carbons (Fsp3) is 0.400. The molecule has 0 radical (unpaired) electrons. The first-order valence-electron chi connectivity index (χ1n) is 11.5. The summed E-state index contributed by atoms with van der Waals surface area (Å²) in [6.45, 7) is 1.08. The molecule has 2 aliphatic rings. The van der Waals surface area contributed by atoms with Gasteiger partial charge in [0.1, 0.15) is 5.69 Å². The minimum atomic E-state index is 0.463. The van der Waals surface area contributed by atoms with E-state index in [0.717, 1.165) is 46.6 Å². The zero-order chi connectivity index (χ0) is 22.5. The Labute approximate surface area is 197 Å². The second kappa shape index (κ2) is 8.15. The molecule has 4 aromatic rings. The van der Waals surface area contributed by atoms with Gasteiger partial charge in [0.2, 0.25) is 5.88 Å². The average molecular weight is 463 g/mol. The quantitative estimate of drug-likeness (QED) is 0.461. The summed E-state index contributed by atoms with van der Waals surface area (Å²) in [5.41, 5.74) is 5.36. The number of halogens is 1. The lowest BCUT2D eigenvalue weighted by Crippen LogP contribution is -2.29. The number of aromatic nitrogens is 5. The molecule has 170 valence electrons. The van der Waals surface area contributed by atoms with Crippen molar-refractivity contribution in [3.63, 3.8) is 0 Å². The molecular weight excluding hydrogens is 436 g/mol. The number of pyridine rings is 1. The predicted molar refractivity (Wildman–Crippen MR) is 129 cm³/mol. The standard InChI is InChI=1S/C25H27ClN6O/c1-32-13-14(11-29-32)5-22-19-7-16(6-17(19)12-28-22)18-9-20-23(10-21(18)26)30-31-25(20)15-3-4-27-24(8-15)33-2/h3-4,8-11,13,16-17,19,22,28H,5-7,12H2,1-2H3,(H,30,31)/t16-,17+,19-,22-/m0/s1. The molecule has 4 atom stereocenters. The molecule has 3 aromatic heterocycles. The second-order valence-corrected chi connectivity index (χ2v) is 9.82. The molecular formula is C25H27ClN6O. The lowest BCUT2D eigenvalue weighted by Gasteiger charge is -2.19. The number of nitrogens with zero attached hydrogens (tertiary/aromatic N) is 4. The highest BCUT2D eigenvalue weighted by Gasteiger charge is 2.44. The molecule has 0 unspecified atom stereocenters. The first-order chi connectivity index (χ1) is 16.1. The summed E-state index contributed by atoms with van der Waals surface area (Å²) >= 11 is 6.81. The molecule has 7 nitrogen and oxygen atoms in total. The Morgan fingerprint density at radius 3 is 2.97 bits per heavy atom. The molecule has 8 heteroatoms. The number of benzene rings is 1. The number of hydrogen-bond acceptors (Lipinski definition) is 5. The minimum Gasteiger partial charge on any atom is -0.481 e. The second-order valence-electron chi connectivity index (χ2n) is 9.41. The van der Waals surface area contributed by atoms with E-state index in [9.17, 15) is 0 Å². The number of ether oxygens (including phenoxy) is 1. The van der Waals surface area contributed by atoms with Crippen molar-refractivity contribution in [3.05, 3.63) is 59.0 Å². The number of nitrogens with one attached hydrogen (secondary N) is 2. The molecule has 2 N–H and O–H groups in total. The third-order valence-corrected chi connectivity index (χ3v) is 7.79. The molecule has 1 saturated heterocycles. The lowest BCUT2D eigenvalue weighted by molar-refractivity contribution is 0.398. The van der Waals surface area contributed by atoms with Crippen LogP contribution in [0.4, 0.5) is 0 Å². The van der Waals surface area contributed by atoms with E-state index < -0.39 is 0 Å². The van der Waals surface area contributed by atoms with Crippen molar-refractivity contribution in [1.82, 2.24) is 30.3 Å². The van der Waals surface area contributed by atoms with Gasteiger partial charge in [-0.25, -0.2) is 4.98 Å². The van der Waals surface area contributed by atoms with Crippen molar-refractivity contribution >= 4 is 22.5 Å². The van der Waals surface area contributed by atoms with Crippen LogP contribution in [0, 0.1) is 11.8 Å². The number of hydrogen-bond donors (Lipinski definition) is 2. The van der Waals surface area contributed by atoms with Gasteiger partial charge < -0.3 is 10.1 Å². The molecule has 2 fully saturated rings. The van der Waals surface area contributed by atoms with E-state index in [1.54, 1.807) is 13.3 Å². The average Bonchev–Trinajstić information content (AvgIpc) is 3.59. The van der Waals surface area contributed by atoms with Crippen molar-refractivity contribution in [2.45, 2.75) is 31.2 Å². The number of fused-ring (bicyclic) bond motifs is 2. The number of methoxy groups -OCH3 is 1. The summed E-state index contributed by atoms with van der Waals surface area (Å²) in [5.74, 6) is 2.39. The summed E-state index contributed by atoms with van der Waals surface area (Å²) in [5, 5.41) is 17.7. The maximum absolute atomic E-state index is 6.81. The van der Waals surface area contributed by atoms with Crippen LogP contribution in [0.5, 0.6) is 5.88 Å². The molecule has 1 aliphatic carbocycles. The normalized spacial score (nSPS) is 24.5. The highest BCUT2D eigenvalue weighted by molar-refractivity contribution is 6.32. The summed E-state index contributed by atoms with van der Waals surface area (Å²) in [6.07, 6.45) is 9.22. The molecule has 0 spiro atoms. The third kappa shape index (κ3) is 3.69. The van der Waals surface area contributed by atoms with Crippen LogP contribution in [-0.4, -0.2) is 44.7 Å². The van der Waals surface area contributed by atoms with Crippen molar-refractivity contribution in [2.75, 3.05) is 13.7 Å². The Morgan fingerprint density at radius 1 is 1.24 bits per heavy atom. The van der Waals surface area contributed by atoms with Crippen LogP contribution in [0.3, 0.4) is 0 Å². The van der Waals surface area contributed by atoms with Crippen LogP contribution >= 0.6 is 11.6 Å². The van der Waals surface area contributed by atoms with Crippen molar-refractivity contribution < 1.29 is 4.74 Å². The van der Waals surface area contributed by atoms with Gasteiger partial charge in [-0.1, -0.05) is 11.6 Å². The van der Waals surface area contributed by atoms with Gasteiger partial charge in [-0.2, -0.15) is 10.2 Å². The van der Waals surface area contributed by atoms with E-state index in [1.807, 2.05) is 36.1 Å². The molecule has 33 heavy (non-hydrogen) atoms. The van der Waals surface area contributed by atoms with Crippen LogP contribution in [0.25, 0.3) is 22.2 Å². The van der Waals surface area contributed by atoms with Crippen LogP contribution in [0.15, 0.2) is 42.9 Å². The Kier molecular flexibility index (Phi) is 5.11. The summed E-state index contributed by atoms with van der Waals surface area (Å²) in [4.78, 5) is 4.22.